The maximum atomic E-state index is 11.7. The number of aryl methyl sites for hydroxylation is 1. The van der Waals surface area contributed by atoms with E-state index in [-0.39, 0.29) is 12.5 Å². The molecule has 1 N–H and O–H groups in total. The summed E-state index contributed by atoms with van der Waals surface area (Å²) in [7, 11) is 0. The van der Waals surface area contributed by atoms with Gasteiger partial charge in [0.15, 0.2) is 6.61 Å². The van der Waals surface area contributed by atoms with Crippen molar-refractivity contribution >= 4 is 34.9 Å². The maximum absolute atomic E-state index is 11.7. The summed E-state index contributed by atoms with van der Waals surface area (Å²) in [6.07, 6.45) is 0.600. The minimum atomic E-state index is -0.388. The summed E-state index contributed by atoms with van der Waals surface area (Å²) >= 11 is 11.7. The van der Waals surface area contributed by atoms with E-state index in [2.05, 4.69) is 20.3 Å². The highest BCUT2D eigenvalue weighted by Crippen LogP contribution is 2.27. The van der Waals surface area contributed by atoms with Crippen molar-refractivity contribution in [2.45, 2.75) is 13.3 Å². The zero-order valence-electron chi connectivity index (χ0n) is 10.5. The van der Waals surface area contributed by atoms with Crippen molar-refractivity contribution in [3.8, 4) is 5.75 Å². The summed E-state index contributed by atoms with van der Waals surface area (Å²) in [6.45, 7) is 1.66. The molecule has 2 rings (SSSR count). The molecule has 0 spiro atoms. The van der Waals surface area contributed by atoms with Crippen molar-refractivity contribution in [3.05, 3.63) is 33.9 Å². The van der Waals surface area contributed by atoms with Gasteiger partial charge in [0.1, 0.15) is 11.4 Å². The summed E-state index contributed by atoms with van der Waals surface area (Å²) in [5.41, 5.74) is 0.572. The van der Waals surface area contributed by atoms with Crippen molar-refractivity contribution in [1.82, 2.24) is 10.3 Å². The molecule has 0 fully saturated rings. The lowest BCUT2D eigenvalue weighted by molar-refractivity contribution is -0.118. The molecule has 0 unspecified atom stereocenters. The van der Waals surface area contributed by atoms with Gasteiger partial charge in [0.25, 0.3) is 5.91 Å². The van der Waals surface area contributed by atoms with Crippen LogP contribution in [0.15, 0.2) is 22.8 Å². The van der Waals surface area contributed by atoms with Crippen LogP contribution < -0.4 is 10.1 Å². The molecule has 0 aliphatic carbocycles. The van der Waals surface area contributed by atoms with Crippen LogP contribution >= 0.6 is 23.2 Å². The molecule has 20 heavy (non-hydrogen) atoms. The number of hydrogen-bond acceptors (Lipinski definition) is 5. The second-order valence-corrected chi connectivity index (χ2v) is 4.67. The third-order valence-corrected chi connectivity index (χ3v) is 2.93. The SMILES string of the molecule is CCc1nonc1NC(=O)COc1ccc(Cl)cc1Cl. The van der Waals surface area contributed by atoms with Gasteiger partial charge in [0.2, 0.25) is 5.82 Å². The van der Waals surface area contributed by atoms with Crippen molar-refractivity contribution in [3.63, 3.8) is 0 Å². The molecule has 0 bridgehead atoms. The van der Waals surface area contributed by atoms with E-state index < -0.39 is 0 Å². The number of benzene rings is 1. The molecule has 1 amide bonds. The number of aromatic nitrogens is 2. The quantitative estimate of drug-likeness (QED) is 0.917. The summed E-state index contributed by atoms with van der Waals surface area (Å²) in [4.78, 5) is 11.7. The van der Waals surface area contributed by atoms with Crippen LogP contribution in [0, 0.1) is 0 Å². The van der Waals surface area contributed by atoms with E-state index in [4.69, 9.17) is 27.9 Å². The molecule has 2 aromatic rings. The number of nitrogens with zero attached hydrogens (tertiary/aromatic N) is 2. The number of ether oxygens (including phenoxy) is 1. The van der Waals surface area contributed by atoms with Gasteiger partial charge in [-0.3, -0.25) is 4.79 Å². The predicted octanol–water partition coefficient (Wildman–Crippen LogP) is 2.96. The lowest BCUT2D eigenvalue weighted by atomic mass is 10.3. The molecule has 8 heteroatoms. The number of anilines is 1. The Morgan fingerprint density at radius 1 is 1.40 bits per heavy atom. The third kappa shape index (κ3) is 3.61. The van der Waals surface area contributed by atoms with Gasteiger partial charge < -0.3 is 10.1 Å². The van der Waals surface area contributed by atoms with Crippen LogP contribution in [0.25, 0.3) is 0 Å². The van der Waals surface area contributed by atoms with E-state index in [1.165, 1.54) is 6.07 Å². The van der Waals surface area contributed by atoms with E-state index in [0.29, 0.717) is 33.7 Å². The standard InChI is InChI=1S/C12H11Cl2N3O3/c1-2-9-12(17-20-16-9)15-11(18)6-19-10-4-3-7(13)5-8(10)14/h3-5H,2,6H2,1H3,(H,15,17,18). The van der Waals surface area contributed by atoms with Crippen LogP contribution in [-0.2, 0) is 11.2 Å². The van der Waals surface area contributed by atoms with Crippen LogP contribution in [0.3, 0.4) is 0 Å². The molecular formula is C12H11Cl2N3O3. The van der Waals surface area contributed by atoms with Gasteiger partial charge in [-0.15, -0.1) is 0 Å². The first kappa shape index (κ1) is 14.6. The lowest BCUT2D eigenvalue weighted by Crippen LogP contribution is -2.21. The molecule has 1 aromatic carbocycles. The monoisotopic (exact) mass is 315 g/mol. The van der Waals surface area contributed by atoms with Crippen molar-refractivity contribution in [1.29, 1.82) is 0 Å². The Labute approximate surface area is 125 Å². The second-order valence-electron chi connectivity index (χ2n) is 3.82. The largest absolute Gasteiger partial charge is 0.482 e. The molecule has 6 nitrogen and oxygen atoms in total. The molecule has 0 atom stereocenters. The molecule has 1 aromatic heterocycles. The Balaban J connectivity index is 1.92. The summed E-state index contributed by atoms with van der Waals surface area (Å²) in [5, 5.41) is 10.6. The van der Waals surface area contributed by atoms with E-state index >= 15 is 0 Å². The molecule has 1 heterocycles. The Hall–Kier alpha value is -1.79. The van der Waals surface area contributed by atoms with Crippen LogP contribution in [-0.4, -0.2) is 22.8 Å². The summed E-state index contributed by atoms with van der Waals surface area (Å²) < 4.78 is 9.84. The fourth-order valence-electron chi connectivity index (χ4n) is 1.44. The van der Waals surface area contributed by atoms with Crippen molar-refractivity contribution in [2.75, 3.05) is 11.9 Å². The highest BCUT2D eigenvalue weighted by molar-refractivity contribution is 6.35. The molecule has 0 saturated carbocycles. The number of amides is 1. The molecular weight excluding hydrogens is 305 g/mol. The second kappa shape index (κ2) is 6.58. The molecule has 0 radical (unpaired) electrons. The first-order valence-corrected chi connectivity index (χ1v) is 6.55. The van der Waals surface area contributed by atoms with Crippen molar-refractivity contribution < 1.29 is 14.2 Å². The number of nitrogens with one attached hydrogen (secondary N) is 1. The number of carbonyl (C=O) groups is 1. The van der Waals surface area contributed by atoms with Crippen LogP contribution in [0.5, 0.6) is 5.75 Å². The van der Waals surface area contributed by atoms with Crippen molar-refractivity contribution in [2.24, 2.45) is 0 Å². The van der Waals surface area contributed by atoms with E-state index in [1.54, 1.807) is 12.1 Å². The van der Waals surface area contributed by atoms with Gasteiger partial charge >= 0.3 is 0 Å². The van der Waals surface area contributed by atoms with Gasteiger partial charge in [-0.05, 0) is 29.8 Å². The Morgan fingerprint density at radius 2 is 2.20 bits per heavy atom. The summed E-state index contributed by atoms with van der Waals surface area (Å²) in [5.74, 6) is 0.282. The number of rotatable bonds is 5. The average molecular weight is 316 g/mol. The predicted molar refractivity (Wildman–Crippen MR) is 74.3 cm³/mol. The average Bonchev–Trinajstić information content (AvgIpc) is 2.85. The van der Waals surface area contributed by atoms with Gasteiger partial charge in [-0.1, -0.05) is 35.3 Å². The molecule has 0 aliphatic rings. The topological polar surface area (TPSA) is 77.3 Å². The molecule has 0 saturated heterocycles. The normalized spacial score (nSPS) is 10.3. The van der Waals surface area contributed by atoms with E-state index in [9.17, 15) is 4.79 Å². The Morgan fingerprint density at radius 3 is 2.90 bits per heavy atom. The zero-order valence-corrected chi connectivity index (χ0v) is 12.0. The third-order valence-electron chi connectivity index (χ3n) is 2.40. The first-order valence-electron chi connectivity index (χ1n) is 5.79. The minimum Gasteiger partial charge on any atom is -0.482 e. The minimum absolute atomic E-state index is 0.211. The van der Waals surface area contributed by atoms with Crippen LogP contribution in [0.1, 0.15) is 12.6 Å². The van der Waals surface area contributed by atoms with Gasteiger partial charge in [-0.25, -0.2) is 4.63 Å². The van der Waals surface area contributed by atoms with Crippen LogP contribution in [0.4, 0.5) is 5.82 Å². The Bertz CT molecular complexity index is 616. The highest BCUT2D eigenvalue weighted by Gasteiger charge is 2.12. The maximum Gasteiger partial charge on any atom is 0.263 e. The summed E-state index contributed by atoms with van der Waals surface area (Å²) in [6, 6.07) is 4.75. The fraction of sp³-hybridized carbons (Fsp3) is 0.250. The zero-order chi connectivity index (χ0) is 14.5. The number of halogens is 2. The van der Waals surface area contributed by atoms with Gasteiger partial charge in [0, 0.05) is 5.02 Å². The highest BCUT2D eigenvalue weighted by atomic mass is 35.5. The van der Waals surface area contributed by atoms with Gasteiger partial charge in [-0.2, -0.15) is 0 Å². The smallest absolute Gasteiger partial charge is 0.263 e. The Kier molecular flexibility index (Phi) is 4.81. The lowest BCUT2D eigenvalue weighted by Gasteiger charge is -2.07. The van der Waals surface area contributed by atoms with Gasteiger partial charge in [0.05, 0.1) is 5.02 Å². The number of carbonyl (C=O) groups excluding carboxylic acids is 1. The number of hydrogen-bond donors (Lipinski definition) is 1. The molecule has 106 valence electrons. The fourth-order valence-corrected chi connectivity index (χ4v) is 1.90. The van der Waals surface area contributed by atoms with E-state index in [1.807, 2.05) is 6.92 Å². The molecule has 0 aliphatic heterocycles. The van der Waals surface area contributed by atoms with E-state index in [0.717, 1.165) is 0 Å². The van der Waals surface area contributed by atoms with Crippen LogP contribution in [0.2, 0.25) is 10.0 Å². The first-order chi connectivity index (χ1) is 9.60.